The number of ether oxygens (including phenoxy) is 1. The van der Waals surface area contributed by atoms with Crippen molar-refractivity contribution in [1.82, 2.24) is 9.55 Å². The van der Waals surface area contributed by atoms with Crippen LogP contribution in [-0.2, 0) is 17.7 Å². The van der Waals surface area contributed by atoms with Crippen LogP contribution in [0.1, 0.15) is 39.3 Å². The number of nitrogens with two attached hydrogens (primary N) is 1. The van der Waals surface area contributed by atoms with Crippen LogP contribution in [0.3, 0.4) is 0 Å². The molecule has 0 saturated carbocycles. The van der Waals surface area contributed by atoms with Gasteiger partial charge in [0, 0.05) is 46.1 Å². The molecule has 5 heteroatoms. The Hall–Kier alpha value is -1.07. The fourth-order valence-corrected chi connectivity index (χ4v) is 2.25. The lowest BCUT2D eigenvalue weighted by Crippen LogP contribution is -2.32. The van der Waals surface area contributed by atoms with Crippen molar-refractivity contribution >= 4 is 5.95 Å². The highest BCUT2D eigenvalue weighted by Gasteiger charge is 2.14. The Balaban J connectivity index is 2.67. The summed E-state index contributed by atoms with van der Waals surface area (Å²) in [4.78, 5) is 6.95. The van der Waals surface area contributed by atoms with E-state index < -0.39 is 0 Å². The average molecular weight is 296 g/mol. The number of imidazole rings is 1. The molecule has 1 unspecified atom stereocenters. The van der Waals surface area contributed by atoms with E-state index in [1.54, 1.807) is 7.11 Å². The number of rotatable bonds is 10. The van der Waals surface area contributed by atoms with Crippen molar-refractivity contribution in [2.45, 2.75) is 52.6 Å². The molecule has 0 aromatic carbocycles. The Morgan fingerprint density at radius 3 is 2.71 bits per heavy atom. The smallest absolute Gasteiger partial charge is 0.205 e. The van der Waals surface area contributed by atoms with E-state index >= 15 is 0 Å². The van der Waals surface area contributed by atoms with Crippen LogP contribution in [0.15, 0.2) is 6.20 Å². The standard InChI is InChI=1S/C16H32N4O/c1-6-14-12-20(9-7-11-21-5)16(18-14)19(4)10-8-15(17)13(2)3/h12-13,15H,6-11,17H2,1-5H3. The van der Waals surface area contributed by atoms with Crippen LogP contribution >= 0.6 is 0 Å². The molecule has 0 amide bonds. The minimum absolute atomic E-state index is 0.245. The predicted octanol–water partition coefficient (Wildman–Crippen LogP) is 2.29. The van der Waals surface area contributed by atoms with Gasteiger partial charge in [0.25, 0.3) is 0 Å². The van der Waals surface area contributed by atoms with Crippen LogP contribution in [0.4, 0.5) is 5.95 Å². The summed E-state index contributed by atoms with van der Waals surface area (Å²) >= 11 is 0. The van der Waals surface area contributed by atoms with Gasteiger partial charge < -0.3 is 19.9 Å². The van der Waals surface area contributed by atoms with Gasteiger partial charge in [-0.25, -0.2) is 4.98 Å². The molecule has 21 heavy (non-hydrogen) atoms. The maximum absolute atomic E-state index is 6.14. The van der Waals surface area contributed by atoms with Gasteiger partial charge in [-0.1, -0.05) is 20.8 Å². The van der Waals surface area contributed by atoms with Crippen molar-refractivity contribution < 1.29 is 4.74 Å². The highest BCUT2D eigenvalue weighted by Crippen LogP contribution is 2.16. The summed E-state index contributed by atoms with van der Waals surface area (Å²) < 4.78 is 7.37. The van der Waals surface area contributed by atoms with Gasteiger partial charge in [0.15, 0.2) is 0 Å². The number of nitrogens with zero attached hydrogens (tertiary/aromatic N) is 3. The monoisotopic (exact) mass is 296 g/mol. The topological polar surface area (TPSA) is 56.3 Å². The first kappa shape index (κ1) is 18.0. The second kappa shape index (κ2) is 9.05. The van der Waals surface area contributed by atoms with Crippen LogP contribution in [0.5, 0.6) is 0 Å². The second-order valence-corrected chi connectivity index (χ2v) is 6.04. The SMILES string of the molecule is CCc1cn(CCCOC)c(N(C)CCC(N)C(C)C)n1. The molecule has 0 aliphatic carbocycles. The average Bonchev–Trinajstić information content (AvgIpc) is 2.88. The molecule has 1 heterocycles. The third-order valence-corrected chi connectivity index (χ3v) is 3.91. The third-order valence-electron chi connectivity index (χ3n) is 3.91. The van der Waals surface area contributed by atoms with Crippen LogP contribution in [0, 0.1) is 5.92 Å². The molecule has 1 rings (SSSR count). The van der Waals surface area contributed by atoms with E-state index in [4.69, 9.17) is 15.5 Å². The highest BCUT2D eigenvalue weighted by molar-refractivity contribution is 5.32. The maximum Gasteiger partial charge on any atom is 0.205 e. The summed E-state index contributed by atoms with van der Waals surface area (Å²) in [5.41, 5.74) is 7.28. The lowest BCUT2D eigenvalue weighted by atomic mass is 10.0. The summed E-state index contributed by atoms with van der Waals surface area (Å²) in [6.45, 7) is 9.14. The zero-order valence-corrected chi connectivity index (χ0v) is 14.3. The van der Waals surface area contributed by atoms with E-state index in [1.807, 2.05) is 0 Å². The molecule has 0 fully saturated rings. The fourth-order valence-electron chi connectivity index (χ4n) is 2.25. The van der Waals surface area contributed by atoms with E-state index in [2.05, 4.69) is 43.5 Å². The van der Waals surface area contributed by atoms with E-state index in [-0.39, 0.29) is 6.04 Å². The largest absolute Gasteiger partial charge is 0.385 e. The molecular formula is C16H32N4O. The van der Waals surface area contributed by atoms with Crippen molar-refractivity contribution in [3.8, 4) is 0 Å². The minimum atomic E-state index is 0.245. The number of aromatic nitrogens is 2. The number of anilines is 1. The predicted molar refractivity (Wildman–Crippen MR) is 88.8 cm³/mol. The first-order valence-corrected chi connectivity index (χ1v) is 8.01. The van der Waals surface area contributed by atoms with E-state index in [1.165, 1.54) is 0 Å². The molecule has 5 nitrogen and oxygen atoms in total. The van der Waals surface area contributed by atoms with E-state index in [0.717, 1.165) is 50.6 Å². The Morgan fingerprint density at radius 1 is 1.43 bits per heavy atom. The molecular weight excluding hydrogens is 264 g/mol. The molecule has 0 bridgehead atoms. The number of methoxy groups -OCH3 is 1. The van der Waals surface area contributed by atoms with Gasteiger partial charge >= 0.3 is 0 Å². The van der Waals surface area contributed by atoms with Crippen LogP contribution in [-0.4, -0.2) is 42.9 Å². The van der Waals surface area contributed by atoms with Crippen molar-refractivity contribution in [3.63, 3.8) is 0 Å². The first-order valence-electron chi connectivity index (χ1n) is 8.01. The lowest BCUT2D eigenvalue weighted by Gasteiger charge is -2.23. The molecule has 0 aliphatic rings. The van der Waals surface area contributed by atoms with Gasteiger partial charge in [0.2, 0.25) is 5.95 Å². The Morgan fingerprint density at radius 2 is 2.14 bits per heavy atom. The van der Waals surface area contributed by atoms with Crippen molar-refractivity contribution in [2.24, 2.45) is 11.7 Å². The van der Waals surface area contributed by atoms with Gasteiger partial charge in [-0.2, -0.15) is 0 Å². The number of hydrogen-bond donors (Lipinski definition) is 1. The molecule has 0 saturated heterocycles. The molecule has 0 spiro atoms. The van der Waals surface area contributed by atoms with Gasteiger partial charge in [0.1, 0.15) is 0 Å². The Bertz CT molecular complexity index is 403. The zero-order chi connectivity index (χ0) is 15.8. The maximum atomic E-state index is 6.14. The normalized spacial score (nSPS) is 12.9. The quantitative estimate of drug-likeness (QED) is 0.673. The van der Waals surface area contributed by atoms with Crippen LogP contribution in [0.2, 0.25) is 0 Å². The van der Waals surface area contributed by atoms with Crippen molar-refractivity contribution in [3.05, 3.63) is 11.9 Å². The first-order chi connectivity index (χ1) is 9.99. The summed E-state index contributed by atoms with van der Waals surface area (Å²) in [5.74, 6) is 1.56. The highest BCUT2D eigenvalue weighted by atomic mass is 16.5. The Labute approximate surface area is 129 Å². The van der Waals surface area contributed by atoms with Gasteiger partial charge in [-0.05, 0) is 25.2 Å². The number of aryl methyl sites for hydroxylation is 2. The van der Waals surface area contributed by atoms with E-state index in [0.29, 0.717) is 5.92 Å². The third kappa shape index (κ3) is 5.67. The summed E-state index contributed by atoms with van der Waals surface area (Å²) in [5, 5.41) is 0. The zero-order valence-electron chi connectivity index (χ0n) is 14.3. The molecule has 2 N–H and O–H groups in total. The van der Waals surface area contributed by atoms with Crippen LogP contribution < -0.4 is 10.6 Å². The van der Waals surface area contributed by atoms with Crippen LogP contribution in [0.25, 0.3) is 0 Å². The summed E-state index contributed by atoms with van der Waals surface area (Å²) in [6, 6.07) is 0.245. The minimum Gasteiger partial charge on any atom is -0.385 e. The molecule has 1 atom stereocenters. The molecule has 122 valence electrons. The molecule has 1 aromatic heterocycles. The molecule has 0 radical (unpaired) electrons. The molecule has 0 aliphatic heterocycles. The summed E-state index contributed by atoms with van der Waals surface area (Å²) in [6.07, 6.45) is 5.11. The second-order valence-electron chi connectivity index (χ2n) is 6.04. The Kier molecular flexibility index (Phi) is 7.75. The lowest BCUT2D eigenvalue weighted by molar-refractivity contribution is 0.190. The van der Waals surface area contributed by atoms with Gasteiger partial charge in [-0.3, -0.25) is 0 Å². The van der Waals surface area contributed by atoms with Crippen molar-refractivity contribution in [2.75, 3.05) is 32.2 Å². The fraction of sp³-hybridized carbons (Fsp3) is 0.812. The van der Waals surface area contributed by atoms with E-state index in [9.17, 15) is 0 Å². The number of hydrogen-bond acceptors (Lipinski definition) is 4. The van der Waals surface area contributed by atoms with Gasteiger partial charge in [0.05, 0.1) is 5.69 Å². The molecule has 1 aromatic rings. The van der Waals surface area contributed by atoms with Crippen molar-refractivity contribution in [1.29, 1.82) is 0 Å². The van der Waals surface area contributed by atoms with Gasteiger partial charge in [-0.15, -0.1) is 0 Å². The summed E-state index contributed by atoms with van der Waals surface area (Å²) in [7, 11) is 3.84.